The lowest BCUT2D eigenvalue weighted by molar-refractivity contribution is -0.0163. The van der Waals surface area contributed by atoms with Gasteiger partial charge in [-0.25, -0.2) is 9.97 Å². The smallest absolute Gasteiger partial charge is 0.160 e. The zero-order chi connectivity index (χ0) is 12.4. The van der Waals surface area contributed by atoms with Crippen LogP contribution in [0.15, 0.2) is 12.4 Å². The summed E-state index contributed by atoms with van der Waals surface area (Å²) >= 11 is 0. The monoisotopic (exact) mass is 247 g/mol. The van der Waals surface area contributed by atoms with Gasteiger partial charge in [0.05, 0.1) is 0 Å². The third kappa shape index (κ3) is 2.40. The molecule has 2 aliphatic rings. The van der Waals surface area contributed by atoms with Crippen LogP contribution in [0, 0.1) is 0 Å². The van der Waals surface area contributed by atoms with Crippen molar-refractivity contribution in [3.05, 3.63) is 23.8 Å². The summed E-state index contributed by atoms with van der Waals surface area (Å²) in [4.78, 5) is 9.05. The number of aromatic nitrogens is 2. The number of ether oxygens (including phenoxy) is 1. The standard InChI is InChI=1S/C14H21N3O/c1-18-14(6-2-3-7-14)13-16-9-11(10-17-13)8-15-12-4-5-12/h9-10,12,15H,2-8H2,1H3. The second-order valence-electron chi connectivity index (χ2n) is 5.48. The molecule has 18 heavy (non-hydrogen) atoms. The SMILES string of the molecule is COC1(c2ncc(CNC3CC3)cn2)CCCC1. The van der Waals surface area contributed by atoms with Crippen molar-refractivity contribution in [2.24, 2.45) is 0 Å². The minimum atomic E-state index is -0.220. The van der Waals surface area contributed by atoms with Crippen LogP contribution in [0.1, 0.15) is 49.9 Å². The molecule has 2 fully saturated rings. The van der Waals surface area contributed by atoms with Gasteiger partial charge in [0.25, 0.3) is 0 Å². The number of hydrogen-bond acceptors (Lipinski definition) is 4. The van der Waals surface area contributed by atoms with E-state index in [1.54, 1.807) is 7.11 Å². The maximum atomic E-state index is 5.69. The van der Waals surface area contributed by atoms with Crippen molar-refractivity contribution >= 4 is 0 Å². The van der Waals surface area contributed by atoms with Crippen LogP contribution in [0.25, 0.3) is 0 Å². The Labute approximate surface area is 108 Å². The van der Waals surface area contributed by atoms with Gasteiger partial charge in [0, 0.05) is 37.7 Å². The van der Waals surface area contributed by atoms with Crippen LogP contribution in [-0.2, 0) is 16.9 Å². The fourth-order valence-corrected chi connectivity index (χ4v) is 2.70. The average Bonchev–Trinajstić information content (AvgIpc) is 3.13. The van der Waals surface area contributed by atoms with Gasteiger partial charge >= 0.3 is 0 Å². The Morgan fingerprint density at radius 1 is 1.28 bits per heavy atom. The van der Waals surface area contributed by atoms with Crippen molar-refractivity contribution in [3.8, 4) is 0 Å². The normalized spacial score (nSPS) is 22.3. The Balaban J connectivity index is 1.68. The van der Waals surface area contributed by atoms with Gasteiger partial charge in [0.2, 0.25) is 0 Å². The molecule has 0 amide bonds. The summed E-state index contributed by atoms with van der Waals surface area (Å²) in [5, 5.41) is 3.47. The predicted molar refractivity (Wildman–Crippen MR) is 69.0 cm³/mol. The van der Waals surface area contributed by atoms with Gasteiger partial charge in [-0.05, 0) is 38.5 Å². The Bertz CT molecular complexity index is 394. The van der Waals surface area contributed by atoms with Crippen LogP contribution in [0.2, 0.25) is 0 Å². The Hall–Kier alpha value is -1.00. The van der Waals surface area contributed by atoms with Crippen molar-refractivity contribution < 1.29 is 4.74 Å². The largest absolute Gasteiger partial charge is 0.370 e. The first-order valence-electron chi connectivity index (χ1n) is 6.92. The molecule has 0 saturated heterocycles. The summed E-state index contributed by atoms with van der Waals surface area (Å²) in [6.07, 6.45) is 11.0. The van der Waals surface area contributed by atoms with Crippen LogP contribution < -0.4 is 5.32 Å². The zero-order valence-corrected chi connectivity index (χ0v) is 11.0. The third-order valence-corrected chi connectivity index (χ3v) is 4.09. The van der Waals surface area contributed by atoms with Gasteiger partial charge in [-0.2, -0.15) is 0 Å². The highest BCUT2D eigenvalue weighted by molar-refractivity contribution is 5.11. The number of rotatable bonds is 5. The number of hydrogen-bond donors (Lipinski definition) is 1. The summed E-state index contributed by atoms with van der Waals surface area (Å²) in [5.74, 6) is 0.859. The van der Waals surface area contributed by atoms with Crippen molar-refractivity contribution in [2.45, 2.75) is 56.7 Å². The fraction of sp³-hybridized carbons (Fsp3) is 0.714. The molecule has 1 aromatic heterocycles. The minimum Gasteiger partial charge on any atom is -0.370 e. The molecule has 2 aliphatic carbocycles. The highest BCUT2D eigenvalue weighted by Crippen LogP contribution is 2.39. The molecule has 1 aromatic rings. The molecular weight excluding hydrogens is 226 g/mol. The summed E-state index contributed by atoms with van der Waals surface area (Å²) in [5.41, 5.74) is 0.942. The van der Waals surface area contributed by atoms with Crippen LogP contribution in [0.4, 0.5) is 0 Å². The van der Waals surface area contributed by atoms with Crippen LogP contribution in [0.3, 0.4) is 0 Å². The van der Waals surface area contributed by atoms with Crippen molar-refractivity contribution in [2.75, 3.05) is 7.11 Å². The van der Waals surface area contributed by atoms with E-state index in [0.29, 0.717) is 0 Å². The second kappa shape index (κ2) is 4.94. The van der Waals surface area contributed by atoms with E-state index in [0.717, 1.165) is 36.8 Å². The highest BCUT2D eigenvalue weighted by Gasteiger charge is 2.38. The van der Waals surface area contributed by atoms with Gasteiger partial charge in [-0.3, -0.25) is 0 Å². The molecule has 1 heterocycles. The molecule has 0 unspecified atom stereocenters. The van der Waals surface area contributed by atoms with E-state index in [1.807, 2.05) is 12.4 Å². The molecule has 98 valence electrons. The van der Waals surface area contributed by atoms with Gasteiger partial charge in [-0.1, -0.05) is 0 Å². The highest BCUT2D eigenvalue weighted by atomic mass is 16.5. The Morgan fingerprint density at radius 2 is 1.94 bits per heavy atom. The van der Waals surface area contributed by atoms with E-state index in [4.69, 9.17) is 4.74 Å². The van der Waals surface area contributed by atoms with E-state index in [1.165, 1.54) is 25.7 Å². The molecule has 4 nitrogen and oxygen atoms in total. The minimum absolute atomic E-state index is 0.220. The maximum Gasteiger partial charge on any atom is 0.160 e. The van der Waals surface area contributed by atoms with E-state index < -0.39 is 0 Å². The van der Waals surface area contributed by atoms with E-state index in [-0.39, 0.29) is 5.60 Å². The van der Waals surface area contributed by atoms with E-state index in [9.17, 15) is 0 Å². The molecule has 0 bridgehead atoms. The van der Waals surface area contributed by atoms with Crippen LogP contribution >= 0.6 is 0 Å². The Kier molecular flexibility index (Phi) is 3.31. The van der Waals surface area contributed by atoms with Gasteiger partial charge < -0.3 is 10.1 Å². The second-order valence-corrected chi connectivity index (χ2v) is 5.48. The molecule has 2 saturated carbocycles. The van der Waals surface area contributed by atoms with E-state index in [2.05, 4.69) is 15.3 Å². The molecule has 0 aromatic carbocycles. The molecule has 1 N–H and O–H groups in total. The first-order chi connectivity index (χ1) is 8.82. The topological polar surface area (TPSA) is 47.0 Å². The average molecular weight is 247 g/mol. The van der Waals surface area contributed by atoms with Crippen LogP contribution in [-0.4, -0.2) is 23.1 Å². The lowest BCUT2D eigenvalue weighted by atomic mass is 10.0. The predicted octanol–water partition coefficient (Wildman–Crippen LogP) is 2.14. The fourth-order valence-electron chi connectivity index (χ4n) is 2.70. The molecule has 4 heteroatoms. The number of nitrogens with one attached hydrogen (secondary N) is 1. The van der Waals surface area contributed by atoms with Crippen molar-refractivity contribution in [1.29, 1.82) is 0 Å². The Morgan fingerprint density at radius 3 is 2.50 bits per heavy atom. The lowest BCUT2D eigenvalue weighted by Gasteiger charge is -2.25. The molecule has 3 rings (SSSR count). The maximum absolute atomic E-state index is 5.69. The number of methoxy groups -OCH3 is 1. The first-order valence-corrected chi connectivity index (χ1v) is 6.92. The van der Waals surface area contributed by atoms with Crippen molar-refractivity contribution in [3.63, 3.8) is 0 Å². The van der Waals surface area contributed by atoms with E-state index >= 15 is 0 Å². The molecule has 0 aliphatic heterocycles. The zero-order valence-electron chi connectivity index (χ0n) is 11.0. The molecular formula is C14H21N3O. The molecule has 0 atom stereocenters. The number of nitrogens with zero attached hydrogens (tertiary/aromatic N) is 2. The summed E-state index contributed by atoms with van der Waals surface area (Å²) < 4.78 is 5.69. The van der Waals surface area contributed by atoms with Gasteiger partial charge in [0.15, 0.2) is 5.82 Å². The summed E-state index contributed by atoms with van der Waals surface area (Å²) in [6, 6.07) is 0.727. The lowest BCUT2D eigenvalue weighted by Crippen LogP contribution is -2.27. The molecule has 0 radical (unpaired) electrons. The van der Waals surface area contributed by atoms with Crippen molar-refractivity contribution in [1.82, 2.24) is 15.3 Å². The van der Waals surface area contributed by atoms with Gasteiger partial charge in [-0.15, -0.1) is 0 Å². The first kappa shape index (κ1) is 12.1. The summed E-state index contributed by atoms with van der Waals surface area (Å²) in [6.45, 7) is 0.880. The molecule has 0 spiro atoms. The van der Waals surface area contributed by atoms with Gasteiger partial charge in [0.1, 0.15) is 5.60 Å². The third-order valence-electron chi connectivity index (χ3n) is 4.09. The quantitative estimate of drug-likeness (QED) is 0.866. The summed E-state index contributed by atoms with van der Waals surface area (Å²) in [7, 11) is 1.78. The van der Waals surface area contributed by atoms with Crippen LogP contribution in [0.5, 0.6) is 0 Å².